The number of nitrogens with zero attached hydrogens (tertiary/aromatic N) is 3. The van der Waals surface area contributed by atoms with Crippen molar-refractivity contribution in [1.29, 1.82) is 0 Å². The van der Waals surface area contributed by atoms with Crippen LogP contribution in [0.5, 0.6) is 0 Å². The summed E-state index contributed by atoms with van der Waals surface area (Å²) in [6, 6.07) is 12.4. The Morgan fingerprint density at radius 1 is 1.03 bits per heavy atom. The van der Waals surface area contributed by atoms with Crippen molar-refractivity contribution in [1.82, 2.24) is 5.43 Å². The molecule has 0 radical (unpaired) electrons. The van der Waals surface area contributed by atoms with E-state index < -0.39 is 10.8 Å². The molecule has 9 heteroatoms. The van der Waals surface area contributed by atoms with E-state index in [9.17, 15) is 24.5 Å². The van der Waals surface area contributed by atoms with Crippen LogP contribution in [0.4, 0.5) is 11.4 Å². The lowest BCUT2D eigenvalue weighted by molar-refractivity contribution is -0.385. The van der Waals surface area contributed by atoms with Gasteiger partial charge in [-0.25, -0.2) is 5.43 Å². The molecule has 2 fully saturated rings. The second kappa shape index (κ2) is 8.70. The summed E-state index contributed by atoms with van der Waals surface area (Å²) in [5.74, 6) is -1.37. The summed E-state index contributed by atoms with van der Waals surface area (Å²) >= 11 is 0. The molecule has 9 nitrogen and oxygen atoms in total. The number of para-hydroxylation sites is 1. The van der Waals surface area contributed by atoms with Gasteiger partial charge in [0, 0.05) is 6.07 Å². The van der Waals surface area contributed by atoms with Crippen LogP contribution in [0.2, 0.25) is 0 Å². The van der Waals surface area contributed by atoms with E-state index in [0.29, 0.717) is 17.0 Å². The number of hydrogen-bond donors (Lipinski definition) is 1. The summed E-state index contributed by atoms with van der Waals surface area (Å²) < 4.78 is 0. The number of fused-ring (bicyclic) bond motifs is 1. The first-order valence-corrected chi connectivity index (χ1v) is 10.4. The Morgan fingerprint density at radius 2 is 1.62 bits per heavy atom. The highest BCUT2D eigenvalue weighted by atomic mass is 16.6. The summed E-state index contributed by atoms with van der Waals surface area (Å²) in [4.78, 5) is 49.6. The molecule has 1 aliphatic carbocycles. The Kier molecular flexibility index (Phi) is 5.81. The quantitative estimate of drug-likeness (QED) is 0.334. The monoisotopic (exact) mass is 434 g/mol. The molecule has 1 heterocycles. The number of rotatable bonds is 5. The third kappa shape index (κ3) is 3.89. The summed E-state index contributed by atoms with van der Waals surface area (Å²) in [6.07, 6.45) is 3.46. The summed E-state index contributed by atoms with van der Waals surface area (Å²) in [5.41, 5.74) is 3.61. The van der Waals surface area contributed by atoms with Gasteiger partial charge < -0.3 is 0 Å². The number of nitro benzene ring substituents is 1. The molecule has 0 spiro atoms. The number of benzene rings is 2. The zero-order valence-electron chi connectivity index (χ0n) is 17.5. The van der Waals surface area contributed by atoms with E-state index in [0.717, 1.165) is 25.7 Å². The lowest BCUT2D eigenvalue weighted by atomic mass is 9.81. The minimum absolute atomic E-state index is 0.0862. The first-order chi connectivity index (χ1) is 15.4. The van der Waals surface area contributed by atoms with Crippen molar-refractivity contribution in [2.75, 3.05) is 4.90 Å². The first-order valence-electron chi connectivity index (χ1n) is 10.4. The smallest absolute Gasteiger partial charge is 0.274 e. The van der Waals surface area contributed by atoms with E-state index in [1.54, 1.807) is 31.2 Å². The lowest BCUT2D eigenvalue weighted by Crippen LogP contribution is -2.30. The van der Waals surface area contributed by atoms with Crippen molar-refractivity contribution >= 4 is 34.8 Å². The SMILES string of the molecule is C/C(=N/NC(=O)c1ccccc1[N+](=O)[O-])c1ccc(N2C(=O)[C@H]3CCCC[C@H]3C2=O)cc1. The highest BCUT2D eigenvalue weighted by Gasteiger charge is 2.48. The Hall–Kier alpha value is -3.88. The molecule has 2 atom stereocenters. The van der Waals surface area contributed by atoms with Gasteiger partial charge in [0.15, 0.2) is 0 Å². The molecule has 1 saturated heterocycles. The van der Waals surface area contributed by atoms with Gasteiger partial charge in [-0.3, -0.25) is 29.4 Å². The van der Waals surface area contributed by atoms with Crippen molar-refractivity contribution in [3.05, 3.63) is 69.8 Å². The van der Waals surface area contributed by atoms with E-state index in [-0.39, 0.29) is 34.9 Å². The maximum absolute atomic E-state index is 12.7. The third-order valence-corrected chi connectivity index (χ3v) is 6.05. The van der Waals surface area contributed by atoms with Gasteiger partial charge >= 0.3 is 0 Å². The number of nitro groups is 1. The number of carbonyl (C=O) groups excluding carboxylic acids is 3. The molecule has 1 N–H and O–H groups in total. The number of nitrogens with one attached hydrogen (secondary N) is 1. The molecule has 0 bridgehead atoms. The number of hydrazone groups is 1. The van der Waals surface area contributed by atoms with Gasteiger partial charge in [0.1, 0.15) is 5.56 Å². The molecule has 32 heavy (non-hydrogen) atoms. The molecule has 1 aliphatic heterocycles. The minimum Gasteiger partial charge on any atom is -0.274 e. The van der Waals surface area contributed by atoms with Crippen LogP contribution in [0.1, 0.15) is 48.5 Å². The van der Waals surface area contributed by atoms with Crippen molar-refractivity contribution in [3.8, 4) is 0 Å². The van der Waals surface area contributed by atoms with Crippen LogP contribution in [0, 0.1) is 22.0 Å². The third-order valence-electron chi connectivity index (χ3n) is 6.05. The number of imide groups is 1. The second-order valence-electron chi connectivity index (χ2n) is 7.97. The van der Waals surface area contributed by atoms with Crippen LogP contribution < -0.4 is 10.3 Å². The maximum Gasteiger partial charge on any atom is 0.282 e. The van der Waals surface area contributed by atoms with Crippen LogP contribution in [-0.2, 0) is 9.59 Å². The number of carbonyl (C=O) groups is 3. The molecule has 2 aromatic rings. The normalized spacial score (nSPS) is 20.8. The molecule has 2 aromatic carbocycles. The Balaban J connectivity index is 1.48. The second-order valence-corrected chi connectivity index (χ2v) is 7.97. The average molecular weight is 434 g/mol. The van der Waals surface area contributed by atoms with Crippen LogP contribution in [0.25, 0.3) is 0 Å². The largest absolute Gasteiger partial charge is 0.282 e. The predicted octanol–water partition coefficient (Wildman–Crippen LogP) is 3.43. The molecule has 3 amide bonds. The first kappa shape index (κ1) is 21.4. The van der Waals surface area contributed by atoms with Gasteiger partial charge in [0.05, 0.1) is 28.2 Å². The fourth-order valence-corrected chi connectivity index (χ4v) is 4.35. The predicted molar refractivity (Wildman–Crippen MR) is 117 cm³/mol. The Morgan fingerprint density at radius 3 is 2.22 bits per heavy atom. The van der Waals surface area contributed by atoms with Crippen molar-refractivity contribution in [2.24, 2.45) is 16.9 Å². The van der Waals surface area contributed by atoms with Crippen LogP contribution >= 0.6 is 0 Å². The summed E-state index contributed by atoms with van der Waals surface area (Å²) in [5, 5.41) is 15.1. The minimum atomic E-state index is -0.691. The lowest BCUT2D eigenvalue weighted by Gasteiger charge is -2.19. The molecule has 0 unspecified atom stereocenters. The fourth-order valence-electron chi connectivity index (χ4n) is 4.35. The highest BCUT2D eigenvalue weighted by Crippen LogP contribution is 2.40. The van der Waals surface area contributed by atoms with Crippen LogP contribution in [0.3, 0.4) is 0 Å². The van der Waals surface area contributed by atoms with Crippen molar-refractivity contribution < 1.29 is 19.3 Å². The fraction of sp³-hybridized carbons (Fsp3) is 0.304. The Labute approximate surface area is 184 Å². The zero-order chi connectivity index (χ0) is 22.8. The summed E-state index contributed by atoms with van der Waals surface area (Å²) in [7, 11) is 0. The van der Waals surface area contributed by atoms with Crippen molar-refractivity contribution in [2.45, 2.75) is 32.6 Å². The standard InChI is InChI=1S/C23H22N4O5/c1-14(24-25-21(28)19-8-4-5-9-20(19)27(31)32)15-10-12-16(13-11-15)26-22(29)17-6-2-3-7-18(17)23(26)30/h4-5,8-13,17-18H,2-3,6-7H2,1H3,(H,25,28)/b24-14-/t17-,18+. The number of anilines is 1. The zero-order valence-corrected chi connectivity index (χ0v) is 17.5. The van der Waals surface area contributed by atoms with E-state index in [2.05, 4.69) is 10.5 Å². The molecule has 2 aliphatic rings. The molecule has 1 saturated carbocycles. The van der Waals surface area contributed by atoms with Gasteiger partial charge in [-0.05, 0) is 43.5 Å². The van der Waals surface area contributed by atoms with Gasteiger partial charge in [-0.2, -0.15) is 5.10 Å². The topological polar surface area (TPSA) is 122 Å². The van der Waals surface area contributed by atoms with Gasteiger partial charge in [-0.1, -0.05) is 37.1 Å². The van der Waals surface area contributed by atoms with E-state index in [4.69, 9.17) is 0 Å². The Bertz CT molecular complexity index is 1100. The number of hydrogen-bond acceptors (Lipinski definition) is 6. The van der Waals surface area contributed by atoms with E-state index in [1.807, 2.05) is 0 Å². The van der Waals surface area contributed by atoms with E-state index in [1.165, 1.54) is 29.2 Å². The summed E-state index contributed by atoms with van der Waals surface area (Å²) in [6.45, 7) is 1.68. The van der Waals surface area contributed by atoms with Crippen LogP contribution in [-0.4, -0.2) is 28.4 Å². The van der Waals surface area contributed by atoms with Gasteiger partial charge in [0.2, 0.25) is 11.8 Å². The molecule has 164 valence electrons. The van der Waals surface area contributed by atoms with E-state index >= 15 is 0 Å². The molecular formula is C23H22N4O5. The van der Waals surface area contributed by atoms with Gasteiger partial charge in [-0.15, -0.1) is 0 Å². The molecular weight excluding hydrogens is 412 g/mol. The van der Waals surface area contributed by atoms with Crippen molar-refractivity contribution in [3.63, 3.8) is 0 Å². The highest BCUT2D eigenvalue weighted by molar-refractivity contribution is 6.22. The maximum atomic E-state index is 12.7. The molecule has 0 aromatic heterocycles. The molecule has 4 rings (SSSR count). The number of amides is 3. The van der Waals surface area contributed by atoms with Gasteiger partial charge in [0.25, 0.3) is 11.6 Å². The van der Waals surface area contributed by atoms with Crippen LogP contribution in [0.15, 0.2) is 53.6 Å². The average Bonchev–Trinajstić information content (AvgIpc) is 3.07.